The molecule has 0 unspecified atom stereocenters. The highest BCUT2D eigenvalue weighted by Gasteiger charge is 2.10. The molecule has 2 aromatic rings. The Balaban J connectivity index is 2.05. The SMILES string of the molecule is Cc1nc(SCC(=O)c2ccc(O)cc2)nc(C)c1C. The molecule has 0 aliphatic heterocycles. The minimum Gasteiger partial charge on any atom is -0.508 e. The molecule has 0 spiro atoms. The predicted octanol–water partition coefficient (Wildman–Crippen LogP) is 3.08. The maximum atomic E-state index is 12.0. The number of phenols is 1. The molecule has 0 saturated carbocycles. The number of carbonyl (C=O) groups is 1. The van der Waals surface area contributed by atoms with E-state index < -0.39 is 0 Å². The number of benzene rings is 1. The van der Waals surface area contributed by atoms with Crippen LogP contribution in [-0.2, 0) is 0 Å². The molecular weight excluding hydrogens is 272 g/mol. The zero-order chi connectivity index (χ0) is 14.7. The molecule has 20 heavy (non-hydrogen) atoms. The van der Waals surface area contributed by atoms with E-state index in [1.54, 1.807) is 12.1 Å². The number of aromatic hydroxyl groups is 1. The second-order valence-electron chi connectivity index (χ2n) is 4.56. The Hall–Kier alpha value is -1.88. The van der Waals surface area contributed by atoms with Gasteiger partial charge in [-0.1, -0.05) is 11.8 Å². The summed E-state index contributed by atoms with van der Waals surface area (Å²) in [6.07, 6.45) is 0. The zero-order valence-corrected chi connectivity index (χ0v) is 12.5. The molecule has 1 aromatic carbocycles. The van der Waals surface area contributed by atoms with Crippen LogP contribution in [0.25, 0.3) is 0 Å². The highest BCUT2D eigenvalue weighted by Crippen LogP contribution is 2.19. The maximum absolute atomic E-state index is 12.0. The largest absolute Gasteiger partial charge is 0.508 e. The molecule has 2 rings (SSSR count). The van der Waals surface area contributed by atoms with Gasteiger partial charge in [0.25, 0.3) is 0 Å². The van der Waals surface area contributed by atoms with E-state index in [1.165, 1.54) is 23.9 Å². The number of Topliss-reactive ketones (excluding diaryl/α,β-unsaturated/α-hetero) is 1. The number of carbonyl (C=O) groups excluding carboxylic acids is 1. The first kappa shape index (κ1) is 14.5. The van der Waals surface area contributed by atoms with Gasteiger partial charge in [0.1, 0.15) is 5.75 Å². The third-order valence-electron chi connectivity index (χ3n) is 3.13. The van der Waals surface area contributed by atoms with Crippen LogP contribution in [0.3, 0.4) is 0 Å². The van der Waals surface area contributed by atoms with E-state index in [0.29, 0.717) is 10.7 Å². The van der Waals surface area contributed by atoms with Crippen LogP contribution in [-0.4, -0.2) is 26.6 Å². The van der Waals surface area contributed by atoms with Crippen LogP contribution in [0.4, 0.5) is 0 Å². The molecule has 4 nitrogen and oxygen atoms in total. The normalized spacial score (nSPS) is 10.6. The first-order valence-electron chi connectivity index (χ1n) is 6.24. The van der Waals surface area contributed by atoms with Gasteiger partial charge in [-0.25, -0.2) is 9.97 Å². The van der Waals surface area contributed by atoms with Crippen LogP contribution in [0.15, 0.2) is 29.4 Å². The fourth-order valence-electron chi connectivity index (χ4n) is 1.67. The standard InChI is InChI=1S/C15H16N2O2S/c1-9-10(2)16-15(17-11(9)3)20-8-14(19)12-4-6-13(18)7-5-12/h4-7,18H,8H2,1-3H3. The van der Waals surface area contributed by atoms with E-state index in [0.717, 1.165) is 17.0 Å². The summed E-state index contributed by atoms with van der Waals surface area (Å²) in [5, 5.41) is 9.82. The first-order chi connectivity index (χ1) is 9.47. The third kappa shape index (κ3) is 3.36. The number of thioether (sulfide) groups is 1. The van der Waals surface area contributed by atoms with Crippen molar-refractivity contribution in [2.75, 3.05) is 5.75 Å². The summed E-state index contributed by atoms with van der Waals surface area (Å²) in [6, 6.07) is 6.25. The molecule has 0 aliphatic rings. The molecule has 5 heteroatoms. The topological polar surface area (TPSA) is 63.1 Å². The summed E-state index contributed by atoms with van der Waals surface area (Å²) in [5.74, 6) is 0.434. The second-order valence-corrected chi connectivity index (χ2v) is 5.50. The van der Waals surface area contributed by atoms with Gasteiger partial charge >= 0.3 is 0 Å². The van der Waals surface area contributed by atoms with Crippen molar-refractivity contribution in [1.82, 2.24) is 9.97 Å². The summed E-state index contributed by atoms with van der Waals surface area (Å²) in [7, 11) is 0. The van der Waals surface area contributed by atoms with Crippen LogP contribution in [0.5, 0.6) is 5.75 Å². The number of hydrogen-bond acceptors (Lipinski definition) is 5. The molecule has 1 aromatic heterocycles. The summed E-state index contributed by atoms with van der Waals surface area (Å²) >= 11 is 1.33. The van der Waals surface area contributed by atoms with Crippen molar-refractivity contribution in [3.63, 3.8) is 0 Å². The van der Waals surface area contributed by atoms with Crippen LogP contribution >= 0.6 is 11.8 Å². The summed E-state index contributed by atoms with van der Waals surface area (Å²) < 4.78 is 0. The molecule has 0 fully saturated rings. The number of nitrogens with zero attached hydrogens (tertiary/aromatic N) is 2. The van der Waals surface area contributed by atoms with Gasteiger partial charge in [0.15, 0.2) is 10.9 Å². The molecule has 0 amide bonds. The van der Waals surface area contributed by atoms with Gasteiger partial charge in [-0.2, -0.15) is 0 Å². The van der Waals surface area contributed by atoms with Crippen molar-refractivity contribution in [2.24, 2.45) is 0 Å². The van der Waals surface area contributed by atoms with E-state index in [4.69, 9.17) is 0 Å². The van der Waals surface area contributed by atoms with Gasteiger partial charge in [-0.3, -0.25) is 4.79 Å². The lowest BCUT2D eigenvalue weighted by Crippen LogP contribution is -2.04. The molecule has 1 N–H and O–H groups in total. The van der Waals surface area contributed by atoms with Crippen molar-refractivity contribution in [2.45, 2.75) is 25.9 Å². The number of aromatic nitrogens is 2. The molecule has 0 saturated heterocycles. The number of hydrogen-bond donors (Lipinski definition) is 1. The minimum atomic E-state index is -0.00511. The fraction of sp³-hybridized carbons (Fsp3) is 0.267. The summed E-state index contributed by atoms with van der Waals surface area (Å²) in [4.78, 5) is 20.8. The highest BCUT2D eigenvalue weighted by atomic mass is 32.2. The van der Waals surface area contributed by atoms with E-state index in [1.807, 2.05) is 20.8 Å². The van der Waals surface area contributed by atoms with Crippen molar-refractivity contribution >= 4 is 17.5 Å². The maximum Gasteiger partial charge on any atom is 0.188 e. The Labute approximate surface area is 122 Å². The van der Waals surface area contributed by atoms with E-state index >= 15 is 0 Å². The van der Waals surface area contributed by atoms with Crippen LogP contribution in [0.1, 0.15) is 27.3 Å². The number of rotatable bonds is 4. The number of aryl methyl sites for hydroxylation is 2. The Bertz CT molecular complexity index is 616. The summed E-state index contributed by atoms with van der Waals surface area (Å²) in [6.45, 7) is 5.87. The second kappa shape index (κ2) is 6.05. The van der Waals surface area contributed by atoms with Gasteiger partial charge < -0.3 is 5.11 Å². The predicted molar refractivity (Wildman–Crippen MR) is 79.4 cm³/mol. The van der Waals surface area contributed by atoms with Gasteiger partial charge in [-0.15, -0.1) is 0 Å². The van der Waals surface area contributed by atoms with Crippen molar-refractivity contribution in [1.29, 1.82) is 0 Å². The van der Waals surface area contributed by atoms with Crippen LogP contribution in [0, 0.1) is 20.8 Å². The minimum absolute atomic E-state index is 0.00511. The van der Waals surface area contributed by atoms with Gasteiger partial charge in [0.05, 0.1) is 5.75 Å². The fourth-order valence-corrected chi connectivity index (χ4v) is 2.50. The van der Waals surface area contributed by atoms with Crippen molar-refractivity contribution in [3.8, 4) is 5.75 Å². The lowest BCUT2D eigenvalue weighted by Gasteiger charge is -2.06. The first-order valence-corrected chi connectivity index (χ1v) is 7.23. The molecular formula is C15H16N2O2S. The van der Waals surface area contributed by atoms with Gasteiger partial charge in [0, 0.05) is 17.0 Å². The Morgan fingerprint density at radius 2 is 1.65 bits per heavy atom. The summed E-state index contributed by atoms with van der Waals surface area (Å²) in [5.41, 5.74) is 3.55. The molecule has 1 heterocycles. The smallest absolute Gasteiger partial charge is 0.188 e. The monoisotopic (exact) mass is 288 g/mol. The lowest BCUT2D eigenvalue weighted by molar-refractivity contribution is 0.102. The highest BCUT2D eigenvalue weighted by molar-refractivity contribution is 7.99. The molecule has 0 bridgehead atoms. The molecule has 0 aliphatic carbocycles. The molecule has 0 radical (unpaired) electrons. The quantitative estimate of drug-likeness (QED) is 0.532. The molecule has 104 valence electrons. The zero-order valence-electron chi connectivity index (χ0n) is 11.7. The van der Waals surface area contributed by atoms with Crippen molar-refractivity contribution in [3.05, 3.63) is 46.8 Å². The van der Waals surface area contributed by atoms with Crippen LogP contribution < -0.4 is 0 Å². The number of phenolic OH excluding ortho intramolecular Hbond substituents is 1. The Morgan fingerprint density at radius 3 is 2.20 bits per heavy atom. The van der Waals surface area contributed by atoms with E-state index in [-0.39, 0.29) is 17.3 Å². The molecule has 0 atom stereocenters. The lowest BCUT2D eigenvalue weighted by atomic mass is 10.1. The van der Waals surface area contributed by atoms with Gasteiger partial charge in [0.2, 0.25) is 0 Å². The Kier molecular flexibility index (Phi) is 4.39. The van der Waals surface area contributed by atoms with E-state index in [2.05, 4.69) is 9.97 Å². The third-order valence-corrected chi connectivity index (χ3v) is 3.98. The number of ketones is 1. The Morgan fingerprint density at radius 1 is 1.10 bits per heavy atom. The van der Waals surface area contributed by atoms with Crippen LogP contribution in [0.2, 0.25) is 0 Å². The average molecular weight is 288 g/mol. The van der Waals surface area contributed by atoms with E-state index in [9.17, 15) is 9.90 Å². The van der Waals surface area contributed by atoms with Gasteiger partial charge in [-0.05, 0) is 50.6 Å². The average Bonchev–Trinajstić information content (AvgIpc) is 2.42. The van der Waals surface area contributed by atoms with Crippen molar-refractivity contribution < 1.29 is 9.90 Å².